The maximum atomic E-state index is 13.1. The lowest BCUT2D eigenvalue weighted by molar-refractivity contribution is -0.140. The Hall–Kier alpha value is -1.91. The third-order valence-electron chi connectivity index (χ3n) is 3.94. The molecule has 0 aromatic heterocycles. The summed E-state index contributed by atoms with van der Waals surface area (Å²) in [4.78, 5) is 22.6. The molecule has 3 rings (SSSR count). The van der Waals surface area contributed by atoms with Crippen LogP contribution in [-0.2, 0) is 16.0 Å². The molecule has 0 bridgehead atoms. The van der Waals surface area contributed by atoms with Crippen LogP contribution in [0.25, 0.3) is 0 Å². The predicted molar refractivity (Wildman–Crippen MR) is 64.8 cm³/mol. The number of nitrogens with one attached hydrogen (secondary N) is 1. The number of carbonyl (C=O) groups excluding carboxylic acids is 1. The van der Waals surface area contributed by atoms with Crippen LogP contribution in [0.4, 0.5) is 4.39 Å². The van der Waals surface area contributed by atoms with Crippen molar-refractivity contribution in [1.29, 1.82) is 0 Å². The summed E-state index contributed by atoms with van der Waals surface area (Å²) in [6, 6.07) is 4.47. The molecule has 0 saturated heterocycles. The maximum Gasteiger partial charge on any atom is 0.307 e. The largest absolute Gasteiger partial charge is 0.481 e. The zero-order valence-corrected chi connectivity index (χ0v) is 10.2. The van der Waals surface area contributed by atoms with E-state index in [1.165, 1.54) is 12.1 Å². The molecule has 1 saturated carbocycles. The van der Waals surface area contributed by atoms with E-state index >= 15 is 0 Å². The van der Waals surface area contributed by atoms with Crippen molar-refractivity contribution in [2.75, 3.05) is 0 Å². The lowest BCUT2D eigenvalue weighted by Gasteiger charge is -2.14. The van der Waals surface area contributed by atoms with Gasteiger partial charge < -0.3 is 10.4 Å². The molecule has 0 heterocycles. The molecule has 3 atom stereocenters. The normalized spacial score (nSPS) is 27.7. The second kappa shape index (κ2) is 4.33. The molecule has 1 aromatic rings. The highest BCUT2D eigenvalue weighted by molar-refractivity contribution is 5.89. The molecule has 0 radical (unpaired) electrons. The van der Waals surface area contributed by atoms with Gasteiger partial charge in [-0.1, -0.05) is 6.07 Å². The number of benzene rings is 1. The van der Waals surface area contributed by atoms with E-state index in [1.807, 2.05) is 0 Å². The number of hydrogen-bond donors (Lipinski definition) is 2. The summed E-state index contributed by atoms with van der Waals surface area (Å²) < 4.78 is 13.1. The van der Waals surface area contributed by atoms with Crippen LogP contribution in [0.2, 0.25) is 0 Å². The van der Waals surface area contributed by atoms with E-state index in [-0.39, 0.29) is 17.8 Å². The molecular weight excluding hydrogens is 249 g/mol. The van der Waals surface area contributed by atoms with Gasteiger partial charge in [0, 0.05) is 0 Å². The van der Waals surface area contributed by atoms with Gasteiger partial charge in [-0.2, -0.15) is 0 Å². The lowest BCUT2D eigenvalue weighted by atomic mass is 10.1. The molecule has 4 nitrogen and oxygen atoms in total. The average Bonchev–Trinajstić information content (AvgIpc) is 3.08. The number of carboxylic acid groups (broad SMARTS) is 1. The van der Waals surface area contributed by atoms with E-state index in [0.29, 0.717) is 6.42 Å². The van der Waals surface area contributed by atoms with Gasteiger partial charge in [0.15, 0.2) is 0 Å². The minimum absolute atomic E-state index is 0.113. The van der Waals surface area contributed by atoms with Crippen LogP contribution in [0.15, 0.2) is 18.2 Å². The fourth-order valence-electron chi connectivity index (χ4n) is 2.77. The topological polar surface area (TPSA) is 66.4 Å². The minimum atomic E-state index is -0.908. The molecule has 1 amide bonds. The summed E-state index contributed by atoms with van der Waals surface area (Å²) in [5.74, 6) is -2.31. The molecule has 19 heavy (non-hydrogen) atoms. The van der Waals surface area contributed by atoms with Gasteiger partial charge in [-0.25, -0.2) is 4.39 Å². The third-order valence-corrected chi connectivity index (χ3v) is 3.94. The number of hydrogen-bond acceptors (Lipinski definition) is 2. The van der Waals surface area contributed by atoms with E-state index in [4.69, 9.17) is 5.11 Å². The first-order chi connectivity index (χ1) is 9.06. The number of halogens is 1. The van der Waals surface area contributed by atoms with Gasteiger partial charge in [0.1, 0.15) is 5.82 Å². The van der Waals surface area contributed by atoms with E-state index in [0.717, 1.165) is 24.0 Å². The number of carboxylic acids is 1. The third kappa shape index (κ3) is 2.20. The highest BCUT2D eigenvalue weighted by Crippen LogP contribution is 2.40. The zero-order chi connectivity index (χ0) is 13.6. The quantitative estimate of drug-likeness (QED) is 0.871. The maximum absolute atomic E-state index is 13.1. The number of aliphatic carboxylic acids is 1. The molecule has 1 aromatic carbocycles. The van der Waals surface area contributed by atoms with Crippen LogP contribution in [0, 0.1) is 17.7 Å². The fraction of sp³-hybridized carbons (Fsp3) is 0.429. The van der Waals surface area contributed by atoms with Crippen LogP contribution >= 0.6 is 0 Å². The molecule has 5 heteroatoms. The van der Waals surface area contributed by atoms with Crippen molar-refractivity contribution in [2.24, 2.45) is 11.8 Å². The second-order valence-corrected chi connectivity index (χ2v) is 5.23. The van der Waals surface area contributed by atoms with Gasteiger partial charge >= 0.3 is 5.97 Å². The number of carbonyl (C=O) groups is 2. The number of amides is 1. The van der Waals surface area contributed by atoms with Crippen molar-refractivity contribution in [3.05, 3.63) is 35.1 Å². The van der Waals surface area contributed by atoms with Crippen LogP contribution in [0.1, 0.15) is 30.0 Å². The fourth-order valence-corrected chi connectivity index (χ4v) is 2.77. The van der Waals surface area contributed by atoms with Crippen molar-refractivity contribution in [1.82, 2.24) is 5.32 Å². The minimum Gasteiger partial charge on any atom is -0.481 e. The monoisotopic (exact) mass is 263 g/mol. The number of rotatable bonds is 3. The average molecular weight is 263 g/mol. The molecular formula is C14H14FNO3. The summed E-state index contributed by atoms with van der Waals surface area (Å²) in [5.41, 5.74) is 1.87. The van der Waals surface area contributed by atoms with E-state index in [2.05, 4.69) is 5.32 Å². The Labute approximate surface area is 109 Å². The Morgan fingerprint density at radius 2 is 2.11 bits per heavy atom. The first kappa shape index (κ1) is 12.1. The van der Waals surface area contributed by atoms with E-state index in [9.17, 15) is 14.0 Å². The summed E-state index contributed by atoms with van der Waals surface area (Å²) in [5, 5.41) is 11.7. The molecule has 0 aliphatic heterocycles. The summed E-state index contributed by atoms with van der Waals surface area (Å²) >= 11 is 0. The van der Waals surface area contributed by atoms with Crippen LogP contribution in [-0.4, -0.2) is 17.0 Å². The van der Waals surface area contributed by atoms with Crippen molar-refractivity contribution in [2.45, 2.75) is 25.3 Å². The highest BCUT2D eigenvalue weighted by Gasteiger charge is 2.48. The van der Waals surface area contributed by atoms with Crippen LogP contribution in [0.3, 0.4) is 0 Å². The zero-order valence-electron chi connectivity index (χ0n) is 10.2. The summed E-state index contributed by atoms with van der Waals surface area (Å²) in [6.45, 7) is 0. The highest BCUT2D eigenvalue weighted by atomic mass is 19.1. The molecule has 0 spiro atoms. The van der Waals surface area contributed by atoms with E-state index in [1.54, 1.807) is 6.07 Å². The SMILES string of the molecule is O=C(O)[C@@H]1C[C@H]1C(=O)N[C@@H]1CCc2cc(F)ccc21. The Balaban J connectivity index is 1.67. The van der Waals surface area contributed by atoms with E-state index < -0.39 is 17.8 Å². The molecule has 2 aliphatic rings. The Morgan fingerprint density at radius 1 is 1.32 bits per heavy atom. The molecule has 0 unspecified atom stereocenters. The van der Waals surface area contributed by atoms with Crippen molar-refractivity contribution < 1.29 is 19.1 Å². The number of aryl methyl sites for hydroxylation is 1. The van der Waals surface area contributed by atoms with Gasteiger partial charge in [0.2, 0.25) is 5.91 Å². The lowest BCUT2D eigenvalue weighted by Crippen LogP contribution is -2.29. The Morgan fingerprint density at radius 3 is 2.79 bits per heavy atom. The summed E-state index contributed by atoms with van der Waals surface area (Å²) in [7, 11) is 0. The summed E-state index contributed by atoms with van der Waals surface area (Å²) in [6.07, 6.45) is 1.91. The van der Waals surface area contributed by atoms with Crippen LogP contribution < -0.4 is 5.32 Å². The molecule has 2 aliphatic carbocycles. The first-order valence-electron chi connectivity index (χ1n) is 6.38. The van der Waals surface area contributed by atoms with Gasteiger partial charge in [0.05, 0.1) is 17.9 Å². The molecule has 2 N–H and O–H groups in total. The van der Waals surface area contributed by atoms with Gasteiger partial charge in [-0.3, -0.25) is 9.59 Å². The Bertz CT molecular complexity index is 558. The van der Waals surface area contributed by atoms with Gasteiger partial charge in [-0.05, 0) is 42.5 Å². The first-order valence-corrected chi connectivity index (χ1v) is 6.38. The van der Waals surface area contributed by atoms with Crippen molar-refractivity contribution >= 4 is 11.9 Å². The predicted octanol–water partition coefficient (Wildman–Crippen LogP) is 1.65. The molecule has 1 fully saturated rings. The molecule has 100 valence electrons. The van der Waals surface area contributed by atoms with Gasteiger partial charge in [0.25, 0.3) is 0 Å². The van der Waals surface area contributed by atoms with Crippen LogP contribution in [0.5, 0.6) is 0 Å². The second-order valence-electron chi connectivity index (χ2n) is 5.23. The Kier molecular flexibility index (Phi) is 2.77. The van der Waals surface area contributed by atoms with Gasteiger partial charge in [-0.15, -0.1) is 0 Å². The van der Waals surface area contributed by atoms with Crippen molar-refractivity contribution in [3.8, 4) is 0 Å². The smallest absolute Gasteiger partial charge is 0.307 e. The number of fused-ring (bicyclic) bond motifs is 1. The van der Waals surface area contributed by atoms with Crippen molar-refractivity contribution in [3.63, 3.8) is 0 Å². The standard InChI is InChI=1S/C14H14FNO3/c15-8-2-3-9-7(5-8)1-4-12(9)16-13(17)10-6-11(10)14(18)19/h2-3,5,10-12H,1,4,6H2,(H,16,17)(H,18,19)/t10-,11-,12-/m1/s1.